The van der Waals surface area contributed by atoms with E-state index in [0.29, 0.717) is 16.5 Å². The van der Waals surface area contributed by atoms with Crippen molar-refractivity contribution in [2.45, 2.75) is 24.2 Å². The van der Waals surface area contributed by atoms with E-state index in [4.69, 9.17) is 9.26 Å². The van der Waals surface area contributed by atoms with E-state index < -0.39 is 12.6 Å². The highest BCUT2D eigenvalue weighted by molar-refractivity contribution is 7.98. The summed E-state index contributed by atoms with van der Waals surface area (Å²) in [7, 11) is 1.59. The molecule has 0 saturated carbocycles. The van der Waals surface area contributed by atoms with Crippen molar-refractivity contribution >= 4 is 23.6 Å². The fraction of sp³-hybridized carbons (Fsp3) is 0.238. The van der Waals surface area contributed by atoms with Gasteiger partial charge in [-0.15, -0.1) is 0 Å². The Morgan fingerprint density at radius 2 is 2.00 bits per heavy atom. The van der Waals surface area contributed by atoms with Crippen LogP contribution in [0.4, 0.5) is 4.39 Å². The zero-order valence-electron chi connectivity index (χ0n) is 16.5. The van der Waals surface area contributed by atoms with Gasteiger partial charge in [-0.05, 0) is 36.8 Å². The molecule has 0 aliphatic carbocycles. The lowest BCUT2D eigenvalue weighted by Gasteiger charge is -2.17. The number of aromatic nitrogens is 2. The number of ether oxygens (including phenoxy) is 1. The lowest BCUT2D eigenvalue weighted by atomic mass is 10.2. The van der Waals surface area contributed by atoms with Gasteiger partial charge in [0.15, 0.2) is 6.61 Å². The molecule has 0 aliphatic heterocycles. The smallest absolute Gasteiger partial charge is 0.341 e. The minimum Gasteiger partial charge on any atom is -0.452 e. The topological polar surface area (TPSA) is 85.5 Å². The third kappa shape index (κ3) is 5.90. The summed E-state index contributed by atoms with van der Waals surface area (Å²) in [6.07, 6.45) is 1.58. The van der Waals surface area contributed by atoms with Gasteiger partial charge >= 0.3 is 5.97 Å². The number of hydrogen-bond donors (Lipinski definition) is 0. The molecule has 0 aliphatic rings. The fourth-order valence-corrected chi connectivity index (χ4v) is 3.42. The summed E-state index contributed by atoms with van der Waals surface area (Å²) < 4.78 is 23.2. The molecule has 2 heterocycles. The molecule has 0 radical (unpaired) electrons. The van der Waals surface area contributed by atoms with Crippen LogP contribution >= 0.6 is 11.8 Å². The van der Waals surface area contributed by atoms with Crippen LogP contribution in [0.1, 0.15) is 27.4 Å². The minimum absolute atomic E-state index is 0.275. The van der Waals surface area contributed by atoms with Crippen LogP contribution in [0, 0.1) is 12.7 Å². The molecule has 0 spiro atoms. The maximum Gasteiger partial charge on any atom is 0.341 e. The number of carbonyl (C=O) groups is 2. The van der Waals surface area contributed by atoms with Crippen LogP contribution in [-0.2, 0) is 21.8 Å². The van der Waals surface area contributed by atoms with Crippen molar-refractivity contribution in [3.8, 4) is 0 Å². The number of aryl methyl sites for hydroxylation is 1. The van der Waals surface area contributed by atoms with Gasteiger partial charge in [-0.3, -0.25) is 4.79 Å². The molecule has 0 atom stereocenters. The Hall–Kier alpha value is -3.20. The lowest BCUT2D eigenvalue weighted by Crippen LogP contribution is -2.30. The maximum absolute atomic E-state index is 13.0. The van der Waals surface area contributed by atoms with E-state index in [9.17, 15) is 14.0 Å². The highest BCUT2D eigenvalue weighted by atomic mass is 32.2. The van der Waals surface area contributed by atoms with Crippen LogP contribution < -0.4 is 0 Å². The molecule has 1 amide bonds. The largest absolute Gasteiger partial charge is 0.452 e. The summed E-state index contributed by atoms with van der Waals surface area (Å²) in [5, 5.41) is 4.39. The summed E-state index contributed by atoms with van der Waals surface area (Å²) in [5.74, 6) is -0.164. The number of likely N-dealkylation sites (N-methyl/N-ethyl adjacent to an activating group) is 1. The minimum atomic E-state index is -0.634. The molecule has 3 aromatic rings. The van der Waals surface area contributed by atoms with Crippen molar-refractivity contribution in [2.24, 2.45) is 0 Å². The first-order valence-electron chi connectivity index (χ1n) is 9.08. The van der Waals surface area contributed by atoms with Gasteiger partial charge in [0.1, 0.15) is 16.6 Å². The van der Waals surface area contributed by atoms with Gasteiger partial charge in [0.25, 0.3) is 5.91 Å². The Kier molecular flexibility index (Phi) is 7.18. The van der Waals surface area contributed by atoms with Crippen molar-refractivity contribution in [1.29, 1.82) is 0 Å². The molecule has 1 aromatic carbocycles. The molecular formula is C21H20FN3O4S. The molecule has 0 bridgehead atoms. The van der Waals surface area contributed by atoms with E-state index in [2.05, 4.69) is 10.1 Å². The SMILES string of the molecule is Cc1cc(CSc2ncccc2C(=O)OCC(=O)N(C)Cc2ccc(F)cc2)no1. The van der Waals surface area contributed by atoms with Crippen LogP contribution in [-0.4, -0.2) is 40.6 Å². The number of halogens is 1. The van der Waals surface area contributed by atoms with Gasteiger partial charge in [-0.1, -0.05) is 29.1 Å². The Balaban J connectivity index is 1.55. The monoisotopic (exact) mass is 429 g/mol. The number of esters is 1. The second-order valence-electron chi connectivity index (χ2n) is 6.53. The summed E-state index contributed by atoms with van der Waals surface area (Å²) in [6, 6.07) is 10.9. The average Bonchev–Trinajstić information content (AvgIpc) is 3.17. The van der Waals surface area contributed by atoms with Crippen LogP contribution in [0.25, 0.3) is 0 Å². The van der Waals surface area contributed by atoms with E-state index in [1.165, 1.54) is 28.8 Å². The van der Waals surface area contributed by atoms with Gasteiger partial charge in [0, 0.05) is 31.6 Å². The van der Waals surface area contributed by atoms with E-state index in [0.717, 1.165) is 11.3 Å². The molecule has 0 saturated heterocycles. The van der Waals surface area contributed by atoms with Gasteiger partial charge in [0.2, 0.25) is 0 Å². The highest BCUT2D eigenvalue weighted by Crippen LogP contribution is 2.24. The second-order valence-corrected chi connectivity index (χ2v) is 7.49. The highest BCUT2D eigenvalue weighted by Gasteiger charge is 2.18. The van der Waals surface area contributed by atoms with Crippen molar-refractivity contribution < 1.29 is 23.2 Å². The zero-order chi connectivity index (χ0) is 21.5. The standard InChI is InChI=1S/C21H20FN3O4S/c1-14-10-17(24-29-14)13-30-20-18(4-3-9-23-20)21(27)28-12-19(26)25(2)11-15-5-7-16(22)8-6-15/h3-10H,11-13H2,1-2H3. The predicted molar refractivity (Wildman–Crippen MR) is 108 cm³/mol. The van der Waals surface area contributed by atoms with Crippen molar-refractivity contribution in [2.75, 3.05) is 13.7 Å². The summed E-state index contributed by atoms with van der Waals surface area (Å²) in [4.78, 5) is 30.4. The van der Waals surface area contributed by atoms with E-state index in [-0.39, 0.29) is 23.8 Å². The number of hydrogen-bond acceptors (Lipinski definition) is 7. The molecule has 9 heteroatoms. The number of amides is 1. The molecule has 0 fully saturated rings. The van der Waals surface area contributed by atoms with Gasteiger partial charge in [-0.2, -0.15) is 0 Å². The first kappa shape index (κ1) is 21.5. The van der Waals surface area contributed by atoms with Crippen LogP contribution in [0.15, 0.2) is 58.2 Å². The molecule has 3 rings (SSSR count). The Bertz CT molecular complexity index is 1020. The Morgan fingerprint density at radius 3 is 2.70 bits per heavy atom. The number of nitrogens with zero attached hydrogens (tertiary/aromatic N) is 3. The molecule has 30 heavy (non-hydrogen) atoms. The normalized spacial score (nSPS) is 10.6. The number of benzene rings is 1. The summed E-state index contributed by atoms with van der Waals surface area (Å²) >= 11 is 1.32. The number of rotatable bonds is 8. The van der Waals surface area contributed by atoms with Gasteiger partial charge < -0.3 is 14.2 Å². The number of carbonyl (C=O) groups excluding carboxylic acids is 2. The van der Waals surface area contributed by atoms with Gasteiger partial charge in [-0.25, -0.2) is 14.2 Å². The van der Waals surface area contributed by atoms with Crippen molar-refractivity contribution in [3.05, 3.63) is 77.1 Å². The third-order valence-corrected chi connectivity index (χ3v) is 5.15. The van der Waals surface area contributed by atoms with E-state index in [1.54, 1.807) is 44.4 Å². The predicted octanol–water partition coefficient (Wildman–Crippen LogP) is 3.62. The van der Waals surface area contributed by atoms with Crippen molar-refractivity contribution in [3.63, 3.8) is 0 Å². The first-order chi connectivity index (χ1) is 14.4. The average molecular weight is 429 g/mol. The Labute approximate surface area is 177 Å². The summed E-state index contributed by atoms with van der Waals surface area (Å²) in [5.41, 5.74) is 1.78. The molecule has 0 unspecified atom stereocenters. The maximum atomic E-state index is 13.0. The molecule has 7 nitrogen and oxygen atoms in total. The summed E-state index contributed by atoms with van der Waals surface area (Å²) in [6.45, 7) is 1.68. The van der Waals surface area contributed by atoms with Crippen LogP contribution in [0.5, 0.6) is 0 Å². The number of thioether (sulfide) groups is 1. The van der Waals surface area contributed by atoms with E-state index in [1.807, 2.05) is 6.07 Å². The zero-order valence-corrected chi connectivity index (χ0v) is 17.3. The van der Waals surface area contributed by atoms with E-state index >= 15 is 0 Å². The third-order valence-electron chi connectivity index (χ3n) is 4.11. The molecular weight excluding hydrogens is 409 g/mol. The molecule has 0 N–H and O–H groups in total. The Morgan fingerprint density at radius 1 is 1.23 bits per heavy atom. The first-order valence-corrected chi connectivity index (χ1v) is 10.1. The lowest BCUT2D eigenvalue weighted by molar-refractivity contribution is -0.133. The molecule has 156 valence electrons. The second kappa shape index (κ2) is 10.0. The van der Waals surface area contributed by atoms with Crippen molar-refractivity contribution in [1.82, 2.24) is 15.0 Å². The molecule has 2 aromatic heterocycles. The van der Waals surface area contributed by atoms with Crippen LogP contribution in [0.3, 0.4) is 0 Å². The quantitative estimate of drug-likeness (QED) is 0.399. The van der Waals surface area contributed by atoms with Gasteiger partial charge in [0.05, 0.1) is 11.3 Å². The number of pyridine rings is 1. The van der Waals surface area contributed by atoms with Crippen LogP contribution in [0.2, 0.25) is 0 Å². The fourth-order valence-electron chi connectivity index (χ4n) is 2.56.